The Bertz CT molecular complexity index is 550. The molecule has 1 aliphatic rings. The molecule has 1 fully saturated rings. The Kier molecular flexibility index (Phi) is 5.03. The van der Waals surface area contributed by atoms with Crippen LogP contribution in [0.4, 0.5) is 5.69 Å². The van der Waals surface area contributed by atoms with Crippen LogP contribution in [0.3, 0.4) is 0 Å². The monoisotopic (exact) mass is 312 g/mol. The molecule has 2 rings (SSSR count). The van der Waals surface area contributed by atoms with Gasteiger partial charge in [0, 0.05) is 18.1 Å². The first-order valence-electron chi connectivity index (χ1n) is 6.69. The van der Waals surface area contributed by atoms with Gasteiger partial charge in [0.1, 0.15) is 6.04 Å². The maximum absolute atomic E-state index is 12.1. The fourth-order valence-electron chi connectivity index (χ4n) is 2.32. The molecule has 0 aromatic heterocycles. The lowest BCUT2D eigenvalue weighted by molar-refractivity contribution is -0.124. The van der Waals surface area contributed by atoms with E-state index in [-0.39, 0.29) is 18.1 Å². The van der Waals surface area contributed by atoms with Gasteiger partial charge < -0.3 is 20.1 Å². The Morgan fingerprint density at radius 2 is 2.29 bits per heavy atom. The number of carboxylic acids is 1. The molecule has 1 aliphatic heterocycles. The largest absolute Gasteiger partial charge is 0.478 e. The van der Waals surface area contributed by atoms with Gasteiger partial charge in [-0.3, -0.25) is 4.79 Å². The van der Waals surface area contributed by atoms with Crippen LogP contribution in [-0.4, -0.2) is 49.3 Å². The van der Waals surface area contributed by atoms with Crippen LogP contribution in [0.15, 0.2) is 18.2 Å². The number of likely N-dealkylation sites (N-methyl/N-ethyl adjacent to an activating group) is 1. The van der Waals surface area contributed by atoms with E-state index in [9.17, 15) is 14.7 Å². The molecule has 7 heteroatoms. The minimum absolute atomic E-state index is 0.121. The number of ether oxygens (including phenoxy) is 1. The fraction of sp³-hybridized carbons (Fsp3) is 0.429. The number of nitrogens with one attached hydrogen (secondary N) is 1. The predicted octanol–water partition coefficient (Wildman–Crippen LogP) is 1.38. The van der Waals surface area contributed by atoms with Crippen molar-refractivity contribution in [3.8, 4) is 0 Å². The van der Waals surface area contributed by atoms with E-state index in [1.807, 2.05) is 6.92 Å². The second-order valence-corrected chi connectivity index (χ2v) is 5.08. The van der Waals surface area contributed by atoms with Crippen LogP contribution in [0.1, 0.15) is 17.3 Å². The van der Waals surface area contributed by atoms with Crippen molar-refractivity contribution >= 4 is 29.2 Å². The van der Waals surface area contributed by atoms with Gasteiger partial charge in [-0.1, -0.05) is 11.6 Å². The van der Waals surface area contributed by atoms with Gasteiger partial charge in [-0.25, -0.2) is 4.79 Å². The number of carbonyl (C=O) groups is 2. The lowest BCUT2D eigenvalue weighted by Gasteiger charge is -2.37. The Hall–Kier alpha value is -1.79. The molecule has 1 atom stereocenters. The first-order chi connectivity index (χ1) is 10.0. The molecule has 21 heavy (non-hydrogen) atoms. The number of hydrogen-bond acceptors (Lipinski definition) is 4. The average molecular weight is 313 g/mol. The molecule has 0 bridgehead atoms. The lowest BCUT2D eigenvalue weighted by Crippen LogP contribution is -2.54. The molecule has 1 aromatic carbocycles. The summed E-state index contributed by atoms with van der Waals surface area (Å²) in [5.74, 6) is -1.24. The maximum Gasteiger partial charge on any atom is 0.337 e. The fourth-order valence-corrected chi connectivity index (χ4v) is 2.49. The molecule has 0 spiro atoms. The average Bonchev–Trinajstić information content (AvgIpc) is 2.47. The zero-order valence-corrected chi connectivity index (χ0v) is 12.4. The normalized spacial score (nSPS) is 18.4. The third kappa shape index (κ3) is 3.46. The number of halogens is 1. The van der Waals surface area contributed by atoms with E-state index < -0.39 is 12.0 Å². The highest BCUT2D eigenvalue weighted by Crippen LogP contribution is 2.28. The number of nitrogens with zero attached hydrogens (tertiary/aromatic N) is 1. The number of hydrogen-bond donors (Lipinski definition) is 2. The Labute approximate surface area is 127 Å². The minimum Gasteiger partial charge on any atom is -0.478 e. The van der Waals surface area contributed by atoms with Crippen molar-refractivity contribution in [3.63, 3.8) is 0 Å². The van der Waals surface area contributed by atoms with Gasteiger partial charge in [-0.2, -0.15) is 0 Å². The molecule has 0 aliphatic carbocycles. The zero-order chi connectivity index (χ0) is 15.4. The van der Waals surface area contributed by atoms with E-state index in [2.05, 4.69) is 5.32 Å². The summed E-state index contributed by atoms with van der Waals surface area (Å²) in [6, 6.07) is 3.98. The van der Waals surface area contributed by atoms with Gasteiger partial charge in [-0.05, 0) is 25.1 Å². The van der Waals surface area contributed by atoms with E-state index in [1.54, 1.807) is 11.0 Å². The van der Waals surface area contributed by atoms with Gasteiger partial charge in [-0.15, -0.1) is 0 Å². The van der Waals surface area contributed by atoms with Gasteiger partial charge >= 0.3 is 5.97 Å². The number of carbonyl (C=O) groups excluding carboxylic acids is 1. The van der Waals surface area contributed by atoms with E-state index in [0.717, 1.165) is 0 Å². The van der Waals surface area contributed by atoms with E-state index in [1.165, 1.54) is 12.1 Å². The first kappa shape index (κ1) is 15.6. The quantitative estimate of drug-likeness (QED) is 0.878. The predicted molar refractivity (Wildman–Crippen MR) is 79.0 cm³/mol. The third-order valence-electron chi connectivity index (χ3n) is 3.28. The molecule has 114 valence electrons. The molecule has 1 amide bonds. The molecule has 1 unspecified atom stereocenters. The lowest BCUT2D eigenvalue weighted by atomic mass is 10.1. The first-order valence-corrected chi connectivity index (χ1v) is 7.07. The zero-order valence-electron chi connectivity index (χ0n) is 11.6. The Morgan fingerprint density at radius 1 is 1.52 bits per heavy atom. The molecule has 6 nitrogen and oxygen atoms in total. The summed E-state index contributed by atoms with van der Waals surface area (Å²) in [7, 11) is 0. The topological polar surface area (TPSA) is 78.9 Å². The number of amides is 1. The van der Waals surface area contributed by atoms with Crippen molar-refractivity contribution in [1.29, 1.82) is 0 Å². The van der Waals surface area contributed by atoms with Crippen LogP contribution < -0.4 is 10.2 Å². The number of morpholine rings is 1. The summed E-state index contributed by atoms with van der Waals surface area (Å²) in [4.78, 5) is 25.3. The van der Waals surface area contributed by atoms with Crippen molar-refractivity contribution in [1.82, 2.24) is 5.32 Å². The van der Waals surface area contributed by atoms with Crippen LogP contribution in [0.25, 0.3) is 0 Å². The highest BCUT2D eigenvalue weighted by molar-refractivity contribution is 6.31. The van der Waals surface area contributed by atoms with Crippen LogP contribution >= 0.6 is 11.6 Å². The van der Waals surface area contributed by atoms with Crippen LogP contribution in [0.2, 0.25) is 5.02 Å². The molecule has 0 radical (unpaired) electrons. The molecule has 1 heterocycles. The van der Waals surface area contributed by atoms with Gasteiger partial charge in [0.15, 0.2) is 0 Å². The van der Waals surface area contributed by atoms with Crippen LogP contribution in [0.5, 0.6) is 0 Å². The van der Waals surface area contributed by atoms with Gasteiger partial charge in [0.05, 0.1) is 24.5 Å². The van der Waals surface area contributed by atoms with Gasteiger partial charge in [0.2, 0.25) is 5.91 Å². The smallest absolute Gasteiger partial charge is 0.337 e. The molecule has 1 saturated heterocycles. The third-order valence-corrected chi connectivity index (χ3v) is 3.52. The molecule has 0 saturated carbocycles. The summed E-state index contributed by atoms with van der Waals surface area (Å²) < 4.78 is 5.35. The highest BCUT2D eigenvalue weighted by Gasteiger charge is 2.31. The van der Waals surface area contributed by atoms with E-state index in [0.29, 0.717) is 30.4 Å². The van der Waals surface area contributed by atoms with E-state index in [4.69, 9.17) is 16.3 Å². The molecule has 1 aromatic rings. The minimum atomic E-state index is -1.05. The summed E-state index contributed by atoms with van der Waals surface area (Å²) in [5, 5.41) is 12.5. The maximum atomic E-state index is 12.1. The molecular weight excluding hydrogens is 296 g/mol. The highest BCUT2D eigenvalue weighted by atomic mass is 35.5. The van der Waals surface area contributed by atoms with Crippen molar-refractivity contribution in [2.75, 3.05) is 31.2 Å². The van der Waals surface area contributed by atoms with Gasteiger partial charge in [0.25, 0.3) is 0 Å². The number of rotatable bonds is 4. The second kappa shape index (κ2) is 6.78. The summed E-state index contributed by atoms with van der Waals surface area (Å²) in [6.07, 6.45) is 0. The van der Waals surface area contributed by atoms with Crippen molar-refractivity contribution < 1.29 is 19.4 Å². The van der Waals surface area contributed by atoms with Crippen LogP contribution in [0, 0.1) is 0 Å². The summed E-state index contributed by atoms with van der Waals surface area (Å²) >= 11 is 5.98. The van der Waals surface area contributed by atoms with Crippen molar-refractivity contribution in [3.05, 3.63) is 28.8 Å². The summed E-state index contributed by atoms with van der Waals surface area (Å²) in [6.45, 7) is 3.42. The summed E-state index contributed by atoms with van der Waals surface area (Å²) in [5.41, 5.74) is 0.560. The van der Waals surface area contributed by atoms with Crippen molar-refractivity contribution in [2.45, 2.75) is 13.0 Å². The standard InChI is InChI=1S/C14H17ClN2O4/c1-2-16-13(18)12-8-21-6-5-17(12)11-7-9(15)3-4-10(11)14(19)20/h3-4,7,12H,2,5-6,8H2,1H3,(H,16,18)(H,19,20). The second-order valence-electron chi connectivity index (χ2n) is 4.65. The molecule has 2 N–H and O–H groups in total. The Balaban J connectivity index is 2.39. The van der Waals surface area contributed by atoms with Crippen LogP contribution in [-0.2, 0) is 9.53 Å². The number of benzene rings is 1. The number of anilines is 1. The van der Waals surface area contributed by atoms with E-state index >= 15 is 0 Å². The number of aromatic carboxylic acids is 1. The SMILES string of the molecule is CCNC(=O)C1COCCN1c1cc(Cl)ccc1C(=O)O. The van der Waals surface area contributed by atoms with Crippen molar-refractivity contribution in [2.24, 2.45) is 0 Å². The number of carboxylic acid groups (broad SMARTS) is 1. The Morgan fingerprint density at radius 3 is 2.95 bits per heavy atom. The molecular formula is C14H17ClN2O4.